The van der Waals surface area contributed by atoms with Crippen molar-refractivity contribution in [2.45, 2.75) is 31.5 Å². The number of nitrogens with zero attached hydrogens (tertiary/aromatic N) is 1. The Balaban J connectivity index is 1.25. The molecule has 1 fully saturated rings. The van der Waals surface area contributed by atoms with Crippen molar-refractivity contribution in [3.8, 4) is 11.1 Å². The van der Waals surface area contributed by atoms with Crippen LogP contribution in [0.25, 0.3) is 11.1 Å². The van der Waals surface area contributed by atoms with Crippen LogP contribution in [0.3, 0.4) is 0 Å². The van der Waals surface area contributed by atoms with Gasteiger partial charge in [0.15, 0.2) is 6.04 Å². The Bertz CT molecular complexity index is 1120. The zero-order chi connectivity index (χ0) is 25.2. The van der Waals surface area contributed by atoms with Gasteiger partial charge in [0, 0.05) is 5.92 Å². The fourth-order valence-electron chi connectivity index (χ4n) is 4.58. The Morgan fingerprint density at radius 2 is 1.60 bits per heavy atom. The van der Waals surface area contributed by atoms with Crippen molar-refractivity contribution in [2.24, 2.45) is 0 Å². The Labute approximate surface area is 202 Å². The van der Waals surface area contributed by atoms with Crippen molar-refractivity contribution >= 4 is 23.9 Å². The first-order valence-corrected chi connectivity index (χ1v) is 11.2. The van der Waals surface area contributed by atoms with E-state index in [0.29, 0.717) is 0 Å². The molecular weight excluding hydrogens is 454 g/mol. The van der Waals surface area contributed by atoms with Gasteiger partial charge in [-0.05, 0) is 36.1 Å². The molecule has 3 amide bonds. The van der Waals surface area contributed by atoms with Crippen molar-refractivity contribution in [3.05, 3.63) is 59.7 Å². The van der Waals surface area contributed by atoms with Crippen LogP contribution in [-0.4, -0.2) is 72.0 Å². The Kier molecular flexibility index (Phi) is 6.74. The third kappa shape index (κ3) is 4.97. The maximum atomic E-state index is 12.5. The van der Waals surface area contributed by atoms with Crippen LogP contribution >= 0.6 is 0 Å². The number of carbonyl (C=O) groups is 4. The molecule has 1 heterocycles. The minimum Gasteiger partial charge on any atom is -0.480 e. The molecule has 10 heteroatoms. The third-order valence-corrected chi connectivity index (χ3v) is 6.21. The fourth-order valence-corrected chi connectivity index (χ4v) is 4.58. The van der Waals surface area contributed by atoms with E-state index in [-0.39, 0.29) is 19.1 Å². The van der Waals surface area contributed by atoms with Gasteiger partial charge in [-0.2, -0.15) is 0 Å². The standard InChI is InChI=1S/C25H27N3O7/c1-25(2)28(20(14-35-25)23(31)32)22(30)12-26-21(29)11-27-24(33)34-13-19-17-9-5-3-7-15(17)16-8-4-6-10-18(16)19/h3-10,19-20H,11-14H2,1-2H3,(H,26,29)(H,27,33)(H,31,32)/t20-/m1/s1. The Hall–Kier alpha value is -3.92. The van der Waals surface area contributed by atoms with E-state index in [4.69, 9.17) is 9.47 Å². The van der Waals surface area contributed by atoms with Gasteiger partial charge in [-0.15, -0.1) is 0 Å². The summed E-state index contributed by atoms with van der Waals surface area (Å²) in [4.78, 5) is 49.3. The highest BCUT2D eigenvalue weighted by Crippen LogP contribution is 2.44. The maximum Gasteiger partial charge on any atom is 0.407 e. The molecular formula is C25H27N3O7. The van der Waals surface area contributed by atoms with Crippen LogP contribution in [0.2, 0.25) is 0 Å². The molecule has 1 aliphatic heterocycles. The van der Waals surface area contributed by atoms with Crippen LogP contribution < -0.4 is 10.6 Å². The molecule has 0 spiro atoms. The predicted octanol–water partition coefficient (Wildman–Crippen LogP) is 1.69. The summed E-state index contributed by atoms with van der Waals surface area (Å²) in [6, 6.07) is 14.8. The Morgan fingerprint density at radius 3 is 2.20 bits per heavy atom. The number of benzene rings is 2. The summed E-state index contributed by atoms with van der Waals surface area (Å²) in [5.74, 6) is -2.51. The lowest BCUT2D eigenvalue weighted by atomic mass is 9.98. The average molecular weight is 482 g/mol. The van der Waals surface area contributed by atoms with Gasteiger partial charge in [0.05, 0.1) is 13.2 Å². The number of hydrogen-bond acceptors (Lipinski definition) is 6. The van der Waals surface area contributed by atoms with E-state index >= 15 is 0 Å². The number of alkyl carbamates (subject to hydrolysis) is 1. The number of carboxylic acids is 1. The quantitative estimate of drug-likeness (QED) is 0.548. The van der Waals surface area contributed by atoms with Crippen molar-refractivity contribution in [1.82, 2.24) is 15.5 Å². The van der Waals surface area contributed by atoms with Gasteiger partial charge >= 0.3 is 12.1 Å². The molecule has 184 valence electrons. The molecule has 0 radical (unpaired) electrons. The number of carbonyl (C=O) groups excluding carboxylic acids is 3. The molecule has 10 nitrogen and oxygen atoms in total. The van der Waals surface area contributed by atoms with Crippen molar-refractivity contribution in [3.63, 3.8) is 0 Å². The molecule has 0 aromatic heterocycles. The Morgan fingerprint density at radius 1 is 1.00 bits per heavy atom. The minimum absolute atomic E-state index is 0.104. The van der Waals surface area contributed by atoms with Crippen LogP contribution in [0.5, 0.6) is 0 Å². The number of carboxylic acid groups (broad SMARTS) is 1. The van der Waals surface area contributed by atoms with Crippen LogP contribution in [0.15, 0.2) is 48.5 Å². The first-order chi connectivity index (χ1) is 16.7. The normalized spacial score (nSPS) is 17.9. The topological polar surface area (TPSA) is 134 Å². The lowest BCUT2D eigenvalue weighted by molar-refractivity contribution is -0.155. The second kappa shape index (κ2) is 9.75. The number of rotatable bonds is 7. The molecule has 2 aromatic carbocycles. The maximum absolute atomic E-state index is 12.5. The zero-order valence-corrected chi connectivity index (χ0v) is 19.4. The number of ether oxygens (including phenoxy) is 2. The monoisotopic (exact) mass is 481 g/mol. The largest absolute Gasteiger partial charge is 0.480 e. The molecule has 1 aliphatic carbocycles. The second-order valence-electron chi connectivity index (χ2n) is 8.83. The van der Waals surface area contributed by atoms with Crippen molar-refractivity contribution < 1.29 is 33.8 Å². The SMILES string of the molecule is CC1(C)OC[C@H](C(=O)O)N1C(=O)CNC(=O)CNC(=O)OCC1c2ccccc2-c2ccccc21. The molecule has 2 aromatic rings. The summed E-state index contributed by atoms with van der Waals surface area (Å²) >= 11 is 0. The fraction of sp³-hybridized carbons (Fsp3) is 0.360. The van der Waals surface area contributed by atoms with Gasteiger partial charge in [-0.25, -0.2) is 9.59 Å². The van der Waals surface area contributed by atoms with E-state index in [1.54, 1.807) is 13.8 Å². The summed E-state index contributed by atoms with van der Waals surface area (Å²) in [6.45, 7) is 2.31. The average Bonchev–Trinajstić information content (AvgIpc) is 3.33. The summed E-state index contributed by atoms with van der Waals surface area (Å²) in [5.41, 5.74) is 3.26. The highest BCUT2D eigenvalue weighted by molar-refractivity contribution is 5.90. The van der Waals surface area contributed by atoms with Crippen LogP contribution in [0.1, 0.15) is 30.9 Å². The molecule has 3 N–H and O–H groups in total. The number of amides is 3. The smallest absolute Gasteiger partial charge is 0.407 e. The molecule has 0 unspecified atom stereocenters. The minimum atomic E-state index is -1.19. The molecule has 1 atom stereocenters. The van der Waals surface area contributed by atoms with Gasteiger partial charge < -0.3 is 25.2 Å². The second-order valence-corrected chi connectivity index (χ2v) is 8.83. The lowest BCUT2D eigenvalue weighted by Crippen LogP contribution is -2.54. The molecule has 4 rings (SSSR count). The van der Waals surface area contributed by atoms with Gasteiger partial charge in [0.25, 0.3) is 0 Å². The molecule has 0 saturated carbocycles. The summed E-state index contributed by atoms with van der Waals surface area (Å²) in [6.07, 6.45) is -0.756. The van der Waals surface area contributed by atoms with Crippen LogP contribution in [-0.2, 0) is 23.9 Å². The van der Waals surface area contributed by atoms with Crippen molar-refractivity contribution in [2.75, 3.05) is 26.3 Å². The predicted molar refractivity (Wildman–Crippen MR) is 124 cm³/mol. The highest BCUT2D eigenvalue weighted by atomic mass is 16.5. The van der Waals surface area contributed by atoms with E-state index in [9.17, 15) is 24.3 Å². The molecule has 0 bridgehead atoms. The molecule has 35 heavy (non-hydrogen) atoms. The van der Waals surface area contributed by atoms with E-state index in [0.717, 1.165) is 27.2 Å². The molecule has 2 aliphatic rings. The lowest BCUT2D eigenvalue weighted by Gasteiger charge is -2.32. The number of nitrogens with one attached hydrogen (secondary N) is 2. The highest BCUT2D eigenvalue weighted by Gasteiger charge is 2.47. The van der Waals surface area contributed by atoms with E-state index in [1.165, 1.54) is 0 Å². The zero-order valence-electron chi connectivity index (χ0n) is 19.4. The third-order valence-electron chi connectivity index (χ3n) is 6.21. The first-order valence-electron chi connectivity index (χ1n) is 11.2. The van der Waals surface area contributed by atoms with Crippen LogP contribution in [0, 0.1) is 0 Å². The number of hydrogen-bond donors (Lipinski definition) is 3. The van der Waals surface area contributed by atoms with Crippen LogP contribution in [0.4, 0.5) is 4.79 Å². The van der Waals surface area contributed by atoms with Gasteiger partial charge in [-0.3, -0.25) is 14.5 Å². The number of fused-ring (bicyclic) bond motifs is 3. The van der Waals surface area contributed by atoms with Crippen molar-refractivity contribution in [1.29, 1.82) is 0 Å². The van der Waals surface area contributed by atoms with E-state index in [2.05, 4.69) is 10.6 Å². The first kappa shape index (κ1) is 24.2. The number of aliphatic carboxylic acids is 1. The van der Waals surface area contributed by atoms with Gasteiger partial charge in [-0.1, -0.05) is 48.5 Å². The molecule has 1 saturated heterocycles. The summed E-state index contributed by atoms with van der Waals surface area (Å²) in [5, 5.41) is 14.1. The summed E-state index contributed by atoms with van der Waals surface area (Å²) in [7, 11) is 0. The summed E-state index contributed by atoms with van der Waals surface area (Å²) < 4.78 is 10.8. The van der Waals surface area contributed by atoms with E-state index in [1.807, 2.05) is 48.5 Å². The van der Waals surface area contributed by atoms with E-state index < -0.39 is 48.7 Å². The van der Waals surface area contributed by atoms with Gasteiger partial charge in [0.2, 0.25) is 11.8 Å². The van der Waals surface area contributed by atoms with Gasteiger partial charge in [0.1, 0.15) is 18.9 Å².